The van der Waals surface area contributed by atoms with Gasteiger partial charge in [0.2, 0.25) is 0 Å². The van der Waals surface area contributed by atoms with Crippen LogP contribution in [0.1, 0.15) is 112 Å². The predicted molar refractivity (Wildman–Crippen MR) is 235 cm³/mol. The minimum atomic E-state index is -1.68. The molecule has 0 spiro atoms. The molecule has 9 aliphatic rings. The lowest BCUT2D eigenvalue weighted by atomic mass is 9.43. The fraction of sp³-hybridized carbons (Fsp3) is 0.918. The number of aliphatic hydroxyl groups excluding tert-OH is 7. The molecule has 5 heterocycles. The first kappa shape index (κ1) is 51.9. The molecule has 8 N–H and O–H groups in total. The van der Waals surface area contributed by atoms with Crippen molar-refractivity contribution in [2.45, 2.75) is 234 Å². The molecule has 4 saturated heterocycles. The van der Waals surface area contributed by atoms with Crippen LogP contribution in [0.4, 0.5) is 0 Å². The van der Waals surface area contributed by atoms with Gasteiger partial charge in [-0.15, -0.1) is 0 Å². The average molecular weight is 985 g/mol. The topological polar surface area (TPSA) is 288 Å². The number of rotatable bonds is 11. The van der Waals surface area contributed by atoms with Crippen LogP contribution in [0.15, 0.2) is 11.6 Å². The van der Waals surface area contributed by atoms with Crippen molar-refractivity contribution in [2.24, 2.45) is 34.5 Å². The SMILES string of the molecule is CC(=O)O[C@H]1C[C@@H](O[C@H]2[C@@H](O)C[C@@H](O[C@H]3[C@@H](O)C[C@H](O[C@H]4CC[C@@]5(C)[C@H](CC[C@@H]6[C@@H]5CC[C@]5(C)[C@H](C7=CC(=O)OC7)C(O)C[C@]65O)C4)O[C@@H]3C)O[C@@H]2C)O[C@H](C)[C@@H]1O[C@H]1O[C@H](CO)[C@@H](O)[C@H](O)[C@H]1O. The summed E-state index contributed by atoms with van der Waals surface area (Å²) in [6, 6.07) is 0. The summed E-state index contributed by atoms with van der Waals surface area (Å²) < 4.78 is 60.1. The summed E-state index contributed by atoms with van der Waals surface area (Å²) >= 11 is 0. The van der Waals surface area contributed by atoms with E-state index >= 15 is 0 Å². The zero-order valence-electron chi connectivity index (χ0n) is 40.5. The van der Waals surface area contributed by atoms with Crippen LogP contribution >= 0.6 is 0 Å². The zero-order valence-corrected chi connectivity index (χ0v) is 40.5. The summed E-state index contributed by atoms with van der Waals surface area (Å²) in [5, 5.41) is 87.5. The van der Waals surface area contributed by atoms with E-state index in [0.717, 1.165) is 50.5 Å². The van der Waals surface area contributed by atoms with E-state index in [4.69, 9.17) is 47.4 Å². The Hall–Kier alpha value is -1.96. The molecule has 69 heavy (non-hydrogen) atoms. The molecule has 0 amide bonds. The van der Waals surface area contributed by atoms with E-state index in [-0.39, 0.29) is 55.2 Å². The highest BCUT2D eigenvalue weighted by atomic mass is 16.8. The quantitative estimate of drug-likeness (QED) is 0.104. The third kappa shape index (κ3) is 9.59. The Balaban J connectivity index is 0.749. The van der Waals surface area contributed by atoms with Gasteiger partial charge in [-0.05, 0) is 94.5 Å². The lowest BCUT2D eigenvalue weighted by Gasteiger charge is -2.63. The van der Waals surface area contributed by atoms with Crippen molar-refractivity contribution in [2.75, 3.05) is 13.2 Å². The molecule has 8 fully saturated rings. The normalized spacial score (nSPS) is 53.3. The van der Waals surface area contributed by atoms with Crippen molar-refractivity contribution in [1.82, 2.24) is 0 Å². The van der Waals surface area contributed by atoms with Crippen LogP contribution in [0, 0.1) is 34.5 Å². The van der Waals surface area contributed by atoms with Crippen molar-refractivity contribution in [3.63, 3.8) is 0 Å². The second-order valence-electron chi connectivity index (χ2n) is 22.3. The molecule has 4 saturated carbocycles. The van der Waals surface area contributed by atoms with Crippen LogP contribution in [-0.4, -0.2) is 188 Å². The van der Waals surface area contributed by atoms with Gasteiger partial charge in [0.15, 0.2) is 25.2 Å². The number of esters is 2. The first-order valence-corrected chi connectivity index (χ1v) is 25.3. The lowest BCUT2D eigenvalue weighted by Crippen LogP contribution is -2.62. The molecule has 0 aromatic rings. The van der Waals surface area contributed by atoms with E-state index in [1.54, 1.807) is 13.8 Å². The summed E-state index contributed by atoms with van der Waals surface area (Å²) in [4.78, 5) is 24.2. The number of ether oxygens (including phenoxy) is 10. The lowest BCUT2D eigenvalue weighted by molar-refractivity contribution is -0.355. The van der Waals surface area contributed by atoms with Crippen molar-refractivity contribution in [3.8, 4) is 0 Å². The maximum atomic E-state index is 12.6. The van der Waals surface area contributed by atoms with Gasteiger partial charge < -0.3 is 88.2 Å². The Morgan fingerprint density at radius 3 is 1.93 bits per heavy atom. The highest BCUT2D eigenvalue weighted by molar-refractivity contribution is 5.85. The smallest absolute Gasteiger partial charge is 0.331 e. The van der Waals surface area contributed by atoms with Gasteiger partial charge in [0.1, 0.15) is 55.4 Å². The molecule has 26 atom stereocenters. The Bertz CT molecular complexity index is 1850. The summed E-state index contributed by atoms with van der Waals surface area (Å²) in [6.45, 7) is 10.4. The molecule has 20 nitrogen and oxygen atoms in total. The minimum absolute atomic E-state index is 0.000687. The zero-order chi connectivity index (χ0) is 49.5. The van der Waals surface area contributed by atoms with Gasteiger partial charge >= 0.3 is 11.9 Å². The maximum Gasteiger partial charge on any atom is 0.331 e. The molecule has 0 aromatic heterocycles. The van der Waals surface area contributed by atoms with Crippen LogP contribution in [0.5, 0.6) is 0 Å². The molecular weight excluding hydrogens is 909 g/mol. The van der Waals surface area contributed by atoms with Crippen molar-refractivity contribution in [3.05, 3.63) is 11.6 Å². The fourth-order valence-electron chi connectivity index (χ4n) is 14.7. The Labute approximate surface area is 402 Å². The third-order valence-corrected chi connectivity index (χ3v) is 18.2. The highest BCUT2D eigenvalue weighted by Gasteiger charge is 2.70. The molecule has 9 rings (SSSR count). The molecule has 0 radical (unpaired) electrons. The first-order valence-electron chi connectivity index (χ1n) is 25.3. The first-order chi connectivity index (χ1) is 32.6. The van der Waals surface area contributed by atoms with Gasteiger partial charge in [0.05, 0.1) is 54.9 Å². The molecule has 5 aliphatic heterocycles. The van der Waals surface area contributed by atoms with E-state index in [1.165, 1.54) is 13.0 Å². The van der Waals surface area contributed by atoms with E-state index in [0.29, 0.717) is 18.3 Å². The van der Waals surface area contributed by atoms with Gasteiger partial charge in [-0.2, -0.15) is 0 Å². The van der Waals surface area contributed by atoms with Gasteiger partial charge in [-0.3, -0.25) is 4.79 Å². The van der Waals surface area contributed by atoms with Crippen molar-refractivity contribution in [1.29, 1.82) is 0 Å². The second-order valence-corrected chi connectivity index (χ2v) is 22.3. The highest BCUT2D eigenvalue weighted by Crippen LogP contribution is 2.70. The van der Waals surface area contributed by atoms with E-state index in [1.807, 2.05) is 6.92 Å². The average Bonchev–Trinajstić information content (AvgIpc) is 3.79. The van der Waals surface area contributed by atoms with Gasteiger partial charge in [0.25, 0.3) is 0 Å². The van der Waals surface area contributed by atoms with Crippen molar-refractivity contribution >= 4 is 11.9 Å². The molecule has 4 aliphatic carbocycles. The molecule has 1 unspecified atom stereocenters. The summed E-state index contributed by atoms with van der Waals surface area (Å²) in [5.74, 6) is -0.609. The Morgan fingerprint density at radius 2 is 1.33 bits per heavy atom. The second kappa shape index (κ2) is 20.0. The number of carbonyl (C=O) groups is 2. The van der Waals surface area contributed by atoms with Gasteiger partial charge in [-0.1, -0.05) is 13.8 Å². The van der Waals surface area contributed by atoms with Crippen LogP contribution in [0.2, 0.25) is 0 Å². The largest absolute Gasteiger partial charge is 0.459 e. The monoisotopic (exact) mass is 984 g/mol. The number of fused-ring (bicyclic) bond motifs is 5. The number of hydrogen-bond donors (Lipinski definition) is 8. The Morgan fingerprint density at radius 1 is 0.710 bits per heavy atom. The van der Waals surface area contributed by atoms with Crippen LogP contribution in [0.3, 0.4) is 0 Å². The van der Waals surface area contributed by atoms with Gasteiger partial charge in [-0.25, -0.2) is 4.79 Å². The van der Waals surface area contributed by atoms with E-state index in [2.05, 4.69) is 13.8 Å². The number of aliphatic hydroxyl groups is 8. The van der Waals surface area contributed by atoms with Gasteiger partial charge in [0, 0.05) is 50.0 Å². The number of carbonyl (C=O) groups excluding carboxylic acids is 2. The predicted octanol–water partition coefficient (Wildman–Crippen LogP) is 0.613. The molecule has 0 aromatic carbocycles. The number of cyclic esters (lactones) is 1. The van der Waals surface area contributed by atoms with E-state index < -0.39 is 134 Å². The molecular formula is C49H76O20. The van der Waals surface area contributed by atoms with Crippen LogP contribution in [0.25, 0.3) is 0 Å². The molecule has 392 valence electrons. The molecule has 20 heteroatoms. The number of hydrogen-bond acceptors (Lipinski definition) is 20. The minimum Gasteiger partial charge on any atom is -0.459 e. The molecule has 0 bridgehead atoms. The summed E-state index contributed by atoms with van der Waals surface area (Å²) in [6.07, 6.45) is -10.8. The third-order valence-electron chi connectivity index (χ3n) is 18.2. The summed E-state index contributed by atoms with van der Waals surface area (Å²) in [5.41, 5.74) is -0.809. The van der Waals surface area contributed by atoms with E-state index in [9.17, 15) is 50.4 Å². The van der Waals surface area contributed by atoms with Crippen molar-refractivity contribution < 1.29 is 97.8 Å². The van der Waals surface area contributed by atoms with Crippen LogP contribution in [-0.2, 0) is 57.0 Å². The standard InChI is InChI=1S/C49H76O20/c1-21-43(67-37-16-31(53)44(22(2)62-37)68-38-17-33(64-24(4)51)45(23(3)63-38)69-46-42(58)41(57)40(56)34(19-50)66-46)30(52)15-36(61-21)65-27-9-11-47(5)26(14-27)7-8-29-28(47)10-12-48(6)39(25-13-35(55)60-20-25)32(54)18-49(29,48)59/h13,21-23,26-34,36-46,50,52-54,56-59H,7-12,14-20H2,1-6H3/t21-,22-,23-,26-,27+,28+,29-,30+,31+,32?,33+,34-,36+,37-,38-,39-,40-,41+,42-,43-,44-,45+,46-,47+,48-,49+/m1/s1. The summed E-state index contributed by atoms with van der Waals surface area (Å²) in [7, 11) is 0. The fourth-order valence-corrected chi connectivity index (χ4v) is 14.7. The Kier molecular flexibility index (Phi) is 15.1. The maximum absolute atomic E-state index is 12.6. The van der Waals surface area contributed by atoms with Crippen LogP contribution < -0.4 is 0 Å².